The first-order chi connectivity index (χ1) is 13.8. The Labute approximate surface area is 172 Å². The number of benzene rings is 2. The topological polar surface area (TPSA) is 132 Å². The van der Waals surface area contributed by atoms with E-state index in [4.69, 9.17) is 22.9 Å². The van der Waals surface area contributed by atoms with E-state index >= 15 is 0 Å². The number of carbonyl (C=O) groups is 1. The zero-order valence-corrected chi connectivity index (χ0v) is 16.4. The molecule has 2 atom stereocenters. The smallest absolute Gasteiger partial charge is 0.312 e. The van der Waals surface area contributed by atoms with Crippen LogP contribution in [0.2, 0.25) is 5.02 Å². The van der Waals surface area contributed by atoms with Crippen molar-refractivity contribution in [1.29, 1.82) is 0 Å². The van der Waals surface area contributed by atoms with Gasteiger partial charge < -0.3 is 15.9 Å². The number of rotatable bonds is 10. The van der Waals surface area contributed by atoms with Gasteiger partial charge in [-0.15, -0.1) is 0 Å². The molecule has 0 spiro atoms. The fraction of sp³-hybridized carbons (Fsp3) is 0.350. The Bertz CT molecular complexity index is 903. The van der Waals surface area contributed by atoms with Gasteiger partial charge in [0.2, 0.25) is 0 Å². The van der Waals surface area contributed by atoms with E-state index in [1.165, 1.54) is 12.1 Å². The van der Waals surface area contributed by atoms with Gasteiger partial charge in [0.15, 0.2) is 0 Å². The van der Waals surface area contributed by atoms with Crippen molar-refractivity contribution in [3.63, 3.8) is 0 Å². The molecule has 0 radical (unpaired) electrons. The summed E-state index contributed by atoms with van der Waals surface area (Å²) < 4.78 is 14.0. The van der Waals surface area contributed by atoms with Crippen LogP contribution in [0.5, 0.6) is 0 Å². The summed E-state index contributed by atoms with van der Waals surface area (Å²) in [6.45, 7) is -0.653. The van der Waals surface area contributed by atoms with Crippen molar-refractivity contribution in [2.75, 3.05) is 13.2 Å². The van der Waals surface area contributed by atoms with Gasteiger partial charge in [-0.2, -0.15) is 0 Å². The first kappa shape index (κ1) is 22.6. The van der Waals surface area contributed by atoms with Gasteiger partial charge in [0.25, 0.3) is 0 Å². The van der Waals surface area contributed by atoms with Crippen molar-refractivity contribution in [1.82, 2.24) is 0 Å². The SMILES string of the molecule is [N-]=[N+]=NCCC(CO)(CC(N)Cc1ccc(-c2cc(Cl)ccc2F)cc1)C(=O)O. The van der Waals surface area contributed by atoms with Gasteiger partial charge in [-0.05, 0) is 54.1 Å². The molecule has 0 bridgehead atoms. The van der Waals surface area contributed by atoms with Crippen molar-refractivity contribution in [3.8, 4) is 11.1 Å². The predicted octanol–water partition coefficient (Wildman–Crippen LogP) is 4.17. The Balaban J connectivity index is 2.11. The number of aliphatic hydroxyl groups is 1. The molecule has 0 aliphatic carbocycles. The summed E-state index contributed by atoms with van der Waals surface area (Å²) in [4.78, 5) is 14.3. The van der Waals surface area contributed by atoms with Crippen molar-refractivity contribution in [3.05, 3.63) is 69.3 Å². The van der Waals surface area contributed by atoms with E-state index in [2.05, 4.69) is 10.0 Å². The van der Waals surface area contributed by atoms with E-state index in [-0.39, 0.29) is 25.2 Å². The third-order valence-corrected chi connectivity index (χ3v) is 5.09. The summed E-state index contributed by atoms with van der Waals surface area (Å²) in [5, 5.41) is 23.0. The molecule has 0 aromatic heterocycles. The second-order valence-corrected chi connectivity index (χ2v) is 7.37. The number of carboxylic acid groups (broad SMARTS) is 1. The highest BCUT2D eigenvalue weighted by molar-refractivity contribution is 6.30. The van der Waals surface area contributed by atoms with Crippen LogP contribution in [0.3, 0.4) is 0 Å². The number of halogens is 2. The maximum atomic E-state index is 14.0. The van der Waals surface area contributed by atoms with Crippen LogP contribution in [0.1, 0.15) is 18.4 Å². The van der Waals surface area contributed by atoms with Gasteiger partial charge in [-0.25, -0.2) is 4.39 Å². The maximum Gasteiger partial charge on any atom is 0.312 e. The molecule has 2 rings (SSSR count). The van der Waals surface area contributed by atoms with E-state index in [0.29, 0.717) is 22.6 Å². The molecular formula is C20H22ClFN4O3. The minimum absolute atomic E-state index is 0.0103. The van der Waals surface area contributed by atoms with Crippen molar-refractivity contribution < 1.29 is 19.4 Å². The van der Waals surface area contributed by atoms with Gasteiger partial charge in [0.05, 0.1) is 12.0 Å². The Morgan fingerprint density at radius 3 is 2.59 bits per heavy atom. The molecule has 0 aliphatic rings. The normalized spacial score (nSPS) is 13.9. The van der Waals surface area contributed by atoms with Crippen molar-refractivity contribution in [2.24, 2.45) is 16.3 Å². The third-order valence-electron chi connectivity index (χ3n) is 4.85. The number of aliphatic hydroxyl groups excluding tert-OH is 1. The summed E-state index contributed by atoms with van der Waals surface area (Å²) in [6, 6.07) is 10.9. The van der Waals surface area contributed by atoms with E-state index in [1.807, 2.05) is 0 Å². The number of carboxylic acids is 1. The van der Waals surface area contributed by atoms with E-state index in [9.17, 15) is 19.4 Å². The van der Waals surface area contributed by atoms with Crippen LogP contribution in [0.4, 0.5) is 4.39 Å². The van der Waals surface area contributed by atoms with Crippen molar-refractivity contribution in [2.45, 2.75) is 25.3 Å². The number of azide groups is 1. The molecule has 2 aromatic carbocycles. The molecule has 0 amide bonds. The minimum Gasteiger partial charge on any atom is -0.481 e. The minimum atomic E-state index is -1.47. The lowest BCUT2D eigenvalue weighted by Crippen LogP contribution is -2.42. The Kier molecular flexibility index (Phi) is 7.99. The van der Waals surface area contributed by atoms with Crippen LogP contribution < -0.4 is 5.73 Å². The molecule has 0 heterocycles. The molecule has 0 saturated heterocycles. The fourth-order valence-corrected chi connectivity index (χ4v) is 3.40. The molecule has 4 N–H and O–H groups in total. The van der Waals surface area contributed by atoms with E-state index in [0.717, 1.165) is 5.56 Å². The second-order valence-electron chi connectivity index (χ2n) is 6.94. The van der Waals surface area contributed by atoms with Gasteiger partial charge in [0.1, 0.15) is 5.82 Å². The van der Waals surface area contributed by atoms with Crippen LogP contribution in [0.25, 0.3) is 21.6 Å². The molecule has 9 heteroatoms. The summed E-state index contributed by atoms with van der Waals surface area (Å²) in [5.74, 6) is -1.57. The fourth-order valence-electron chi connectivity index (χ4n) is 3.23. The molecule has 0 fully saturated rings. The lowest BCUT2D eigenvalue weighted by atomic mass is 9.78. The largest absolute Gasteiger partial charge is 0.481 e. The first-order valence-electron chi connectivity index (χ1n) is 8.96. The Hall–Kier alpha value is -2.64. The van der Waals surface area contributed by atoms with Crippen LogP contribution in [0.15, 0.2) is 47.6 Å². The molecular weight excluding hydrogens is 399 g/mol. The number of nitrogens with zero attached hydrogens (tertiary/aromatic N) is 3. The molecule has 0 aliphatic heterocycles. The molecule has 0 saturated carbocycles. The highest BCUT2D eigenvalue weighted by Crippen LogP contribution is 2.30. The maximum absolute atomic E-state index is 14.0. The summed E-state index contributed by atoms with van der Waals surface area (Å²) in [7, 11) is 0. The number of nitrogens with two attached hydrogens (primary N) is 1. The zero-order chi connectivity index (χ0) is 21.4. The van der Waals surface area contributed by atoms with Gasteiger partial charge in [-0.1, -0.05) is 41.0 Å². The van der Waals surface area contributed by atoms with Crippen LogP contribution in [-0.2, 0) is 11.2 Å². The summed E-state index contributed by atoms with van der Waals surface area (Å²) in [6.07, 6.45) is 0.378. The molecule has 154 valence electrons. The van der Waals surface area contributed by atoms with Gasteiger partial charge in [-0.3, -0.25) is 4.79 Å². The highest BCUT2D eigenvalue weighted by Gasteiger charge is 2.38. The predicted molar refractivity (Wildman–Crippen MR) is 109 cm³/mol. The Morgan fingerprint density at radius 2 is 2.00 bits per heavy atom. The lowest BCUT2D eigenvalue weighted by molar-refractivity contribution is -0.152. The van der Waals surface area contributed by atoms with Crippen LogP contribution >= 0.6 is 11.6 Å². The molecule has 7 nitrogen and oxygen atoms in total. The lowest BCUT2D eigenvalue weighted by Gasteiger charge is -2.29. The van der Waals surface area contributed by atoms with Crippen LogP contribution in [0, 0.1) is 11.2 Å². The van der Waals surface area contributed by atoms with Gasteiger partial charge >= 0.3 is 5.97 Å². The molecule has 2 aromatic rings. The van der Waals surface area contributed by atoms with Crippen molar-refractivity contribution >= 4 is 17.6 Å². The monoisotopic (exact) mass is 420 g/mol. The van der Waals surface area contributed by atoms with Crippen LogP contribution in [-0.4, -0.2) is 35.4 Å². The quantitative estimate of drug-likeness (QED) is 0.302. The molecule has 2 unspecified atom stereocenters. The third kappa shape index (κ3) is 5.92. The molecule has 29 heavy (non-hydrogen) atoms. The van der Waals surface area contributed by atoms with E-state index in [1.54, 1.807) is 30.3 Å². The summed E-state index contributed by atoms with van der Waals surface area (Å²) >= 11 is 5.94. The van der Waals surface area contributed by atoms with Gasteiger partial charge in [0, 0.05) is 28.1 Å². The van der Waals surface area contributed by atoms with E-state index < -0.39 is 24.0 Å². The number of aliphatic carboxylic acids is 1. The average Bonchev–Trinajstić information content (AvgIpc) is 2.69. The number of hydrogen-bond donors (Lipinski definition) is 3. The highest BCUT2D eigenvalue weighted by atomic mass is 35.5. The average molecular weight is 421 g/mol. The Morgan fingerprint density at radius 1 is 1.31 bits per heavy atom. The summed E-state index contributed by atoms with van der Waals surface area (Å²) in [5.41, 5.74) is 14.9. The zero-order valence-electron chi connectivity index (χ0n) is 15.6. The number of hydrogen-bond acceptors (Lipinski definition) is 4. The first-order valence-corrected chi connectivity index (χ1v) is 9.34. The second kappa shape index (κ2) is 10.2. The standard InChI is InChI=1S/C20H22ClFN4O3/c21-15-5-6-18(22)17(10-15)14-3-1-13(2-4-14)9-16(23)11-20(12-27,19(28)29)7-8-25-26-24/h1-6,10,16,27H,7-9,11-12,23H2,(H,28,29).